The summed E-state index contributed by atoms with van der Waals surface area (Å²) in [6.45, 7) is 7.09. The average Bonchev–Trinajstić information content (AvgIpc) is 2.77. The molecule has 1 N–H and O–H groups in total. The second kappa shape index (κ2) is 10.2. The SMILES string of the molecule is CC1CN(Cc2cccc(CNC(=O)/C=C/c3cc(Cl)c4c(c3)OCCO4)c2)CCO1. The van der Waals surface area contributed by atoms with Crippen LogP contribution in [0.4, 0.5) is 0 Å². The Morgan fingerprint density at radius 3 is 2.90 bits per heavy atom. The van der Waals surface area contributed by atoms with E-state index in [-0.39, 0.29) is 12.0 Å². The van der Waals surface area contributed by atoms with Gasteiger partial charge in [0.2, 0.25) is 5.91 Å². The zero-order valence-corrected chi connectivity index (χ0v) is 18.4. The lowest BCUT2D eigenvalue weighted by molar-refractivity contribution is -0.116. The summed E-state index contributed by atoms with van der Waals surface area (Å²) in [5, 5.41) is 3.41. The van der Waals surface area contributed by atoms with Crippen LogP contribution in [0.5, 0.6) is 11.5 Å². The van der Waals surface area contributed by atoms with Gasteiger partial charge in [0.05, 0.1) is 17.7 Å². The van der Waals surface area contributed by atoms with Gasteiger partial charge in [0.25, 0.3) is 0 Å². The summed E-state index contributed by atoms with van der Waals surface area (Å²) >= 11 is 6.25. The second-order valence-electron chi connectivity index (χ2n) is 7.81. The third-order valence-electron chi connectivity index (χ3n) is 5.24. The van der Waals surface area contributed by atoms with Crippen LogP contribution in [0.1, 0.15) is 23.6 Å². The summed E-state index contributed by atoms with van der Waals surface area (Å²) < 4.78 is 16.7. The molecule has 164 valence electrons. The number of carbonyl (C=O) groups excluding carboxylic acids is 1. The van der Waals surface area contributed by atoms with E-state index in [1.165, 1.54) is 11.6 Å². The summed E-state index contributed by atoms with van der Waals surface area (Å²) in [6.07, 6.45) is 3.49. The normalized spacial score (nSPS) is 18.8. The van der Waals surface area contributed by atoms with Crippen molar-refractivity contribution in [3.05, 3.63) is 64.2 Å². The van der Waals surface area contributed by atoms with Crippen LogP contribution in [0.25, 0.3) is 6.08 Å². The molecule has 2 aromatic carbocycles. The van der Waals surface area contributed by atoms with Crippen LogP contribution in [0.15, 0.2) is 42.5 Å². The first-order valence-electron chi connectivity index (χ1n) is 10.5. The van der Waals surface area contributed by atoms with E-state index in [0.717, 1.165) is 37.4 Å². The maximum Gasteiger partial charge on any atom is 0.244 e. The van der Waals surface area contributed by atoms with E-state index >= 15 is 0 Å². The molecule has 1 saturated heterocycles. The van der Waals surface area contributed by atoms with E-state index < -0.39 is 0 Å². The number of hydrogen-bond acceptors (Lipinski definition) is 5. The minimum Gasteiger partial charge on any atom is -0.486 e. The highest BCUT2D eigenvalue weighted by Gasteiger charge is 2.17. The van der Waals surface area contributed by atoms with Gasteiger partial charge in [-0.05, 0) is 41.8 Å². The predicted octanol–water partition coefficient (Wildman–Crippen LogP) is 3.66. The van der Waals surface area contributed by atoms with Crippen molar-refractivity contribution >= 4 is 23.6 Å². The molecular formula is C24H27ClN2O4. The maximum atomic E-state index is 12.3. The van der Waals surface area contributed by atoms with Gasteiger partial charge in [-0.2, -0.15) is 0 Å². The lowest BCUT2D eigenvalue weighted by Crippen LogP contribution is -2.40. The molecule has 0 saturated carbocycles. The predicted molar refractivity (Wildman–Crippen MR) is 120 cm³/mol. The van der Waals surface area contributed by atoms with Gasteiger partial charge in [0.15, 0.2) is 11.5 Å². The standard InChI is InChI=1S/C24H27ClN2O4/c1-17-15-27(7-8-29-17)16-20-4-2-3-19(11-20)14-26-23(28)6-5-18-12-21(25)24-22(13-18)30-9-10-31-24/h2-6,11-13,17H,7-10,14-16H2,1H3,(H,26,28)/b6-5+. The highest BCUT2D eigenvalue weighted by Crippen LogP contribution is 2.38. The Hall–Kier alpha value is -2.54. The van der Waals surface area contributed by atoms with Crippen molar-refractivity contribution in [1.29, 1.82) is 0 Å². The smallest absolute Gasteiger partial charge is 0.244 e. The van der Waals surface area contributed by atoms with E-state index in [0.29, 0.717) is 36.3 Å². The Morgan fingerprint density at radius 2 is 2.03 bits per heavy atom. The minimum atomic E-state index is -0.168. The lowest BCUT2D eigenvalue weighted by Gasteiger charge is -2.31. The molecule has 1 atom stereocenters. The number of fused-ring (bicyclic) bond motifs is 1. The molecule has 0 bridgehead atoms. The maximum absolute atomic E-state index is 12.3. The molecule has 31 heavy (non-hydrogen) atoms. The van der Waals surface area contributed by atoms with Crippen LogP contribution >= 0.6 is 11.6 Å². The van der Waals surface area contributed by atoms with Crippen LogP contribution < -0.4 is 14.8 Å². The van der Waals surface area contributed by atoms with Gasteiger partial charge < -0.3 is 19.5 Å². The Labute approximate surface area is 187 Å². The number of halogens is 1. The molecular weight excluding hydrogens is 416 g/mol. The molecule has 1 unspecified atom stereocenters. The van der Waals surface area contributed by atoms with Gasteiger partial charge in [-0.15, -0.1) is 0 Å². The number of benzene rings is 2. The first-order valence-corrected chi connectivity index (χ1v) is 10.9. The van der Waals surface area contributed by atoms with Crippen molar-refractivity contribution in [2.45, 2.75) is 26.1 Å². The molecule has 2 aromatic rings. The first kappa shape index (κ1) is 21.7. The highest BCUT2D eigenvalue weighted by molar-refractivity contribution is 6.32. The fraction of sp³-hybridized carbons (Fsp3) is 0.375. The Morgan fingerprint density at radius 1 is 1.19 bits per heavy atom. The number of nitrogens with zero attached hydrogens (tertiary/aromatic N) is 1. The van der Waals surface area contributed by atoms with Crippen molar-refractivity contribution in [3.63, 3.8) is 0 Å². The topological polar surface area (TPSA) is 60.0 Å². The molecule has 2 aliphatic heterocycles. The molecule has 0 radical (unpaired) electrons. The Balaban J connectivity index is 1.31. The van der Waals surface area contributed by atoms with Gasteiger partial charge in [-0.3, -0.25) is 9.69 Å². The average molecular weight is 443 g/mol. The van der Waals surface area contributed by atoms with Crippen LogP contribution in [0.2, 0.25) is 5.02 Å². The van der Waals surface area contributed by atoms with E-state index in [1.807, 2.05) is 18.2 Å². The van der Waals surface area contributed by atoms with Crippen molar-refractivity contribution in [2.75, 3.05) is 32.9 Å². The second-order valence-corrected chi connectivity index (χ2v) is 8.22. The first-order chi connectivity index (χ1) is 15.1. The van der Waals surface area contributed by atoms with Crippen LogP contribution in [-0.2, 0) is 22.6 Å². The number of ether oxygens (including phenoxy) is 3. The molecule has 0 aliphatic carbocycles. The van der Waals surface area contributed by atoms with Crippen LogP contribution in [0, 0.1) is 0 Å². The largest absolute Gasteiger partial charge is 0.486 e. The third-order valence-corrected chi connectivity index (χ3v) is 5.52. The molecule has 6 nitrogen and oxygen atoms in total. The van der Waals surface area contributed by atoms with Crippen LogP contribution in [0.3, 0.4) is 0 Å². The molecule has 2 aliphatic rings. The fourth-order valence-electron chi connectivity index (χ4n) is 3.78. The number of amides is 1. The Bertz CT molecular complexity index is 963. The van der Waals surface area contributed by atoms with Gasteiger partial charge in [-0.1, -0.05) is 35.9 Å². The Kier molecular flexibility index (Phi) is 7.12. The number of morpholine rings is 1. The van der Waals surface area contributed by atoms with E-state index in [4.69, 9.17) is 25.8 Å². The molecule has 1 amide bonds. The molecule has 0 aromatic heterocycles. The van der Waals surface area contributed by atoms with Gasteiger partial charge >= 0.3 is 0 Å². The fourth-order valence-corrected chi connectivity index (χ4v) is 4.05. The van der Waals surface area contributed by atoms with Crippen molar-refractivity contribution in [2.24, 2.45) is 0 Å². The lowest BCUT2D eigenvalue weighted by atomic mass is 10.1. The minimum absolute atomic E-state index is 0.168. The highest BCUT2D eigenvalue weighted by atomic mass is 35.5. The summed E-state index contributed by atoms with van der Waals surface area (Å²) in [7, 11) is 0. The molecule has 1 fully saturated rings. The van der Waals surface area contributed by atoms with Crippen LogP contribution in [-0.4, -0.2) is 49.8 Å². The summed E-state index contributed by atoms with van der Waals surface area (Å²) in [6, 6.07) is 11.9. The number of nitrogens with one attached hydrogen (secondary N) is 1. The molecule has 2 heterocycles. The van der Waals surface area contributed by atoms with E-state index in [9.17, 15) is 4.79 Å². The number of rotatable bonds is 6. The van der Waals surface area contributed by atoms with E-state index in [1.54, 1.807) is 12.1 Å². The number of hydrogen-bond donors (Lipinski definition) is 1. The van der Waals surface area contributed by atoms with Gasteiger partial charge in [0.1, 0.15) is 13.2 Å². The van der Waals surface area contributed by atoms with E-state index in [2.05, 4.69) is 29.3 Å². The third kappa shape index (κ3) is 6.00. The van der Waals surface area contributed by atoms with Crippen molar-refractivity contribution in [1.82, 2.24) is 10.2 Å². The summed E-state index contributed by atoms with van der Waals surface area (Å²) in [5.41, 5.74) is 3.09. The zero-order chi connectivity index (χ0) is 21.6. The van der Waals surface area contributed by atoms with Gasteiger partial charge in [0, 0.05) is 32.3 Å². The number of carbonyl (C=O) groups is 1. The quantitative estimate of drug-likeness (QED) is 0.692. The van der Waals surface area contributed by atoms with Gasteiger partial charge in [-0.25, -0.2) is 0 Å². The van der Waals surface area contributed by atoms with Crippen molar-refractivity contribution < 1.29 is 19.0 Å². The summed E-state index contributed by atoms with van der Waals surface area (Å²) in [5.74, 6) is 0.990. The monoisotopic (exact) mass is 442 g/mol. The zero-order valence-electron chi connectivity index (χ0n) is 17.6. The molecule has 4 rings (SSSR count). The summed E-state index contributed by atoms with van der Waals surface area (Å²) in [4.78, 5) is 14.7. The molecule has 7 heteroatoms. The van der Waals surface area contributed by atoms with Crippen molar-refractivity contribution in [3.8, 4) is 11.5 Å². The molecule has 0 spiro atoms.